The van der Waals surface area contributed by atoms with Crippen LogP contribution >= 0.6 is 0 Å². The second-order valence-corrected chi connectivity index (χ2v) is 10.9. The fraction of sp³-hybridized carbons (Fsp3) is 0.189. The summed E-state index contributed by atoms with van der Waals surface area (Å²) in [5.41, 5.74) is 6.22. The Kier molecular flexibility index (Phi) is 9.14. The third kappa shape index (κ3) is 8.25. The van der Waals surface area contributed by atoms with Gasteiger partial charge in [0.25, 0.3) is 0 Å². The molecule has 0 amide bonds. The Morgan fingerprint density at radius 2 is 0.974 bits per heavy atom. The van der Waals surface area contributed by atoms with E-state index in [2.05, 4.69) is 123 Å². The molecule has 0 fully saturated rings. The smallest absolute Gasteiger partial charge is 0.0882 e. The second-order valence-electron chi connectivity index (χ2n) is 10.9. The zero-order chi connectivity index (χ0) is 27.7. The largest absolute Gasteiger partial charge is 0.388 e. The maximum Gasteiger partial charge on any atom is 0.0882 e. The maximum absolute atomic E-state index is 10.4. The van der Waals surface area contributed by atoms with Crippen molar-refractivity contribution < 1.29 is 9.84 Å². The highest BCUT2D eigenvalue weighted by Gasteiger charge is 2.28. The zero-order valence-electron chi connectivity index (χ0n) is 23.3. The van der Waals surface area contributed by atoms with Crippen molar-refractivity contribution in [3.05, 3.63) is 142 Å². The van der Waals surface area contributed by atoms with Crippen LogP contribution in [-0.4, -0.2) is 17.3 Å². The summed E-state index contributed by atoms with van der Waals surface area (Å²) in [6, 6.07) is 35.3. The summed E-state index contributed by atoms with van der Waals surface area (Å²) in [6.07, 6.45) is 13.0. The van der Waals surface area contributed by atoms with Crippen LogP contribution in [0.25, 0.3) is 36.5 Å². The SMILES string of the molecule is CC(C)(O)COC(C)(C)c1ccc(/C=C/c2ccccc2)c(/C=C/c2ccccc2)c1/C=C/c1ccccc1. The van der Waals surface area contributed by atoms with Gasteiger partial charge in [0.2, 0.25) is 0 Å². The van der Waals surface area contributed by atoms with Crippen molar-refractivity contribution >= 4 is 36.5 Å². The molecule has 4 rings (SSSR count). The molecule has 0 saturated heterocycles. The molecule has 0 aliphatic carbocycles. The van der Waals surface area contributed by atoms with Gasteiger partial charge in [0.05, 0.1) is 17.8 Å². The number of ether oxygens (including phenoxy) is 1. The van der Waals surface area contributed by atoms with Gasteiger partial charge in [-0.15, -0.1) is 0 Å². The van der Waals surface area contributed by atoms with Gasteiger partial charge in [-0.2, -0.15) is 0 Å². The predicted octanol–water partition coefficient (Wildman–Crippen LogP) is 9.22. The molecule has 4 aromatic carbocycles. The van der Waals surface area contributed by atoms with Gasteiger partial charge in [0.15, 0.2) is 0 Å². The molecule has 0 saturated carbocycles. The average molecular weight is 515 g/mol. The summed E-state index contributed by atoms with van der Waals surface area (Å²) in [6.45, 7) is 7.90. The van der Waals surface area contributed by atoms with Gasteiger partial charge in [-0.1, -0.05) is 140 Å². The van der Waals surface area contributed by atoms with E-state index in [1.165, 1.54) is 0 Å². The van der Waals surface area contributed by atoms with E-state index >= 15 is 0 Å². The summed E-state index contributed by atoms with van der Waals surface area (Å²) in [7, 11) is 0. The van der Waals surface area contributed by atoms with Crippen molar-refractivity contribution in [1.29, 1.82) is 0 Å². The van der Waals surface area contributed by atoms with E-state index in [-0.39, 0.29) is 6.61 Å². The molecule has 0 aromatic heterocycles. The van der Waals surface area contributed by atoms with Crippen molar-refractivity contribution in [3.8, 4) is 0 Å². The number of aliphatic hydroxyl groups is 1. The van der Waals surface area contributed by atoms with Crippen LogP contribution in [0.4, 0.5) is 0 Å². The maximum atomic E-state index is 10.4. The Morgan fingerprint density at radius 3 is 1.44 bits per heavy atom. The summed E-state index contributed by atoms with van der Waals surface area (Å²) in [5.74, 6) is 0. The topological polar surface area (TPSA) is 29.5 Å². The van der Waals surface area contributed by atoms with Crippen LogP contribution in [0.1, 0.15) is 66.6 Å². The molecular weight excluding hydrogens is 476 g/mol. The molecule has 0 bridgehead atoms. The van der Waals surface area contributed by atoms with Gasteiger partial charge in [0, 0.05) is 0 Å². The summed E-state index contributed by atoms with van der Waals surface area (Å²) in [5, 5.41) is 10.4. The third-order valence-electron chi connectivity index (χ3n) is 6.49. The molecule has 0 atom stereocenters. The van der Waals surface area contributed by atoms with Crippen molar-refractivity contribution in [2.24, 2.45) is 0 Å². The Balaban J connectivity index is 1.89. The Hall–Kier alpha value is -3.98. The minimum atomic E-state index is -0.925. The Morgan fingerprint density at radius 1 is 0.538 bits per heavy atom. The van der Waals surface area contributed by atoms with Crippen LogP contribution in [0.2, 0.25) is 0 Å². The molecule has 0 aliphatic rings. The molecule has 0 radical (unpaired) electrons. The van der Waals surface area contributed by atoms with Crippen LogP contribution in [-0.2, 0) is 10.3 Å². The summed E-state index contributed by atoms with van der Waals surface area (Å²) < 4.78 is 6.33. The number of benzene rings is 4. The fourth-order valence-electron chi connectivity index (χ4n) is 4.36. The molecule has 0 spiro atoms. The normalized spacial score (nSPS) is 12.6. The Labute approximate surface area is 233 Å². The van der Waals surface area contributed by atoms with Crippen molar-refractivity contribution in [2.75, 3.05) is 6.61 Å². The molecule has 2 heteroatoms. The second kappa shape index (κ2) is 12.7. The average Bonchev–Trinajstić information content (AvgIpc) is 2.94. The number of rotatable bonds is 10. The van der Waals surface area contributed by atoms with Crippen molar-refractivity contribution in [1.82, 2.24) is 0 Å². The fourth-order valence-corrected chi connectivity index (χ4v) is 4.36. The first-order chi connectivity index (χ1) is 18.7. The molecule has 1 N–H and O–H groups in total. The van der Waals surface area contributed by atoms with Gasteiger partial charge in [-0.25, -0.2) is 0 Å². The number of hydrogen-bond donors (Lipinski definition) is 1. The Bertz CT molecular complexity index is 1420. The van der Waals surface area contributed by atoms with E-state index in [0.717, 1.165) is 38.9 Å². The lowest BCUT2D eigenvalue weighted by Gasteiger charge is -2.32. The van der Waals surface area contributed by atoms with Crippen molar-refractivity contribution in [2.45, 2.75) is 38.9 Å². The van der Waals surface area contributed by atoms with E-state index < -0.39 is 11.2 Å². The highest BCUT2D eigenvalue weighted by atomic mass is 16.5. The quantitative estimate of drug-likeness (QED) is 0.214. The molecule has 0 aliphatic heterocycles. The molecule has 0 heterocycles. The van der Waals surface area contributed by atoms with Gasteiger partial charge in [-0.05, 0) is 66.6 Å². The van der Waals surface area contributed by atoms with Crippen LogP contribution in [0.5, 0.6) is 0 Å². The molecule has 4 aromatic rings. The van der Waals surface area contributed by atoms with E-state index in [1.54, 1.807) is 13.8 Å². The van der Waals surface area contributed by atoms with Gasteiger partial charge < -0.3 is 9.84 Å². The standard InChI is InChI=1S/C37H38O2/c1-36(2,38)28-39-37(3,4)35-27-24-32(23-20-29-14-8-5-9-15-29)33(25-21-30-16-10-6-11-17-30)34(35)26-22-31-18-12-7-13-19-31/h5-27,38H,28H2,1-4H3/b23-20+,25-21+,26-22+. The van der Waals surface area contributed by atoms with E-state index in [1.807, 2.05) is 30.3 Å². The lowest BCUT2D eigenvalue weighted by molar-refractivity contribution is -0.0945. The van der Waals surface area contributed by atoms with Gasteiger partial charge in [0.1, 0.15) is 0 Å². The van der Waals surface area contributed by atoms with Gasteiger partial charge >= 0.3 is 0 Å². The van der Waals surface area contributed by atoms with E-state index in [4.69, 9.17) is 4.74 Å². The van der Waals surface area contributed by atoms with Crippen LogP contribution in [0.15, 0.2) is 103 Å². The minimum absolute atomic E-state index is 0.229. The number of hydrogen-bond acceptors (Lipinski definition) is 2. The molecule has 39 heavy (non-hydrogen) atoms. The highest BCUT2D eigenvalue weighted by molar-refractivity contribution is 5.87. The summed E-state index contributed by atoms with van der Waals surface area (Å²) in [4.78, 5) is 0. The van der Waals surface area contributed by atoms with Crippen LogP contribution in [0.3, 0.4) is 0 Å². The molecule has 2 nitrogen and oxygen atoms in total. The van der Waals surface area contributed by atoms with Crippen LogP contribution in [0, 0.1) is 0 Å². The van der Waals surface area contributed by atoms with Crippen LogP contribution < -0.4 is 0 Å². The monoisotopic (exact) mass is 514 g/mol. The first kappa shape index (κ1) is 28.0. The first-order valence-corrected chi connectivity index (χ1v) is 13.4. The molecule has 198 valence electrons. The minimum Gasteiger partial charge on any atom is -0.388 e. The zero-order valence-corrected chi connectivity index (χ0v) is 23.3. The predicted molar refractivity (Wildman–Crippen MR) is 168 cm³/mol. The molecule has 0 unspecified atom stereocenters. The molecular formula is C37H38O2. The van der Waals surface area contributed by atoms with E-state index in [9.17, 15) is 5.11 Å². The lowest BCUT2D eigenvalue weighted by atomic mass is 9.86. The van der Waals surface area contributed by atoms with Crippen molar-refractivity contribution in [3.63, 3.8) is 0 Å². The van der Waals surface area contributed by atoms with Gasteiger partial charge in [-0.3, -0.25) is 0 Å². The third-order valence-corrected chi connectivity index (χ3v) is 6.49. The first-order valence-electron chi connectivity index (χ1n) is 13.4. The highest BCUT2D eigenvalue weighted by Crippen LogP contribution is 2.35. The summed E-state index contributed by atoms with van der Waals surface area (Å²) >= 11 is 0. The van der Waals surface area contributed by atoms with E-state index in [0.29, 0.717) is 0 Å². The lowest BCUT2D eigenvalue weighted by Crippen LogP contribution is -2.33.